The number of carbonyl (C=O) groups is 2. The van der Waals surface area contributed by atoms with E-state index in [-0.39, 0.29) is 48.3 Å². The number of rotatable bonds is 6. The molecule has 0 unspecified atom stereocenters. The van der Waals surface area contributed by atoms with Gasteiger partial charge in [0, 0.05) is 31.7 Å². The van der Waals surface area contributed by atoms with Crippen LogP contribution in [-0.4, -0.2) is 68.8 Å². The fourth-order valence-corrected chi connectivity index (χ4v) is 5.20. The predicted molar refractivity (Wildman–Crippen MR) is 130 cm³/mol. The quantitative estimate of drug-likeness (QED) is 0.676. The van der Waals surface area contributed by atoms with Crippen molar-refractivity contribution >= 4 is 21.8 Å². The average molecular weight is 488 g/mol. The summed E-state index contributed by atoms with van der Waals surface area (Å²) in [6.45, 7) is 8.85. The Morgan fingerprint density at radius 3 is 2.00 bits per heavy atom. The smallest absolute Gasteiger partial charge is 0.251 e. The summed E-state index contributed by atoms with van der Waals surface area (Å²) >= 11 is 0. The minimum atomic E-state index is -3.66. The molecule has 1 fully saturated rings. The van der Waals surface area contributed by atoms with Gasteiger partial charge in [0.15, 0.2) is 0 Å². The minimum absolute atomic E-state index is 0.0126. The molecule has 34 heavy (non-hydrogen) atoms. The molecule has 0 bridgehead atoms. The molecule has 1 aliphatic heterocycles. The maximum atomic E-state index is 12.9. The van der Waals surface area contributed by atoms with Gasteiger partial charge in [-0.1, -0.05) is 32.9 Å². The van der Waals surface area contributed by atoms with Crippen LogP contribution in [0.15, 0.2) is 53.4 Å². The minimum Gasteiger partial charge on any atom is -0.497 e. The lowest BCUT2D eigenvalue weighted by atomic mass is 9.86. The van der Waals surface area contributed by atoms with Crippen molar-refractivity contribution in [1.82, 2.24) is 14.5 Å². The number of piperazine rings is 1. The Balaban J connectivity index is 1.56. The van der Waals surface area contributed by atoms with Gasteiger partial charge in [0.1, 0.15) is 11.8 Å². The van der Waals surface area contributed by atoms with Crippen LogP contribution in [0, 0.1) is 0 Å². The zero-order valence-corrected chi connectivity index (χ0v) is 21.2. The van der Waals surface area contributed by atoms with Gasteiger partial charge >= 0.3 is 0 Å². The molecule has 1 aliphatic rings. The van der Waals surface area contributed by atoms with Crippen LogP contribution < -0.4 is 10.1 Å². The lowest BCUT2D eigenvalue weighted by Crippen LogP contribution is -2.55. The van der Waals surface area contributed by atoms with Crippen molar-refractivity contribution < 1.29 is 22.7 Å². The molecule has 2 amide bonds. The normalized spacial score (nSPS) is 16.1. The molecule has 0 aliphatic carbocycles. The molecule has 2 aromatic carbocycles. The Labute approximate surface area is 201 Å². The van der Waals surface area contributed by atoms with Gasteiger partial charge in [-0.3, -0.25) is 9.59 Å². The van der Waals surface area contributed by atoms with Crippen LogP contribution in [0.3, 0.4) is 0 Å². The van der Waals surface area contributed by atoms with E-state index in [0.717, 1.165) is 5.56 Å². The standard InChI is InChI=1S/C25H33N3O5S/c1-18(26-23(29)19-6-8-20(9-7-19)25(2,3)4)24(30)27-14-16-28(17-15-27)34(31,32)22-12-10-21(33-5)11-13-22/h6-13,18H,14-17H2,1-5H3,(H,26,29)/t18-/m0/s1. The molecule has 1 atom stereocenters. The van der Waals surface area contributed by atoms with E-state index < -0.39 is 16.1 Å². The van der Waals surface area contributed by atoms with Crippen LogP contribution in [0.5, 0.6) is 5.75 Å². The second-order valence-electron chi connectivity index (χ2n) is 9.43. The van der Waals surface area contributed by atoms with E-state index in [2.05, 4.69) is 26.1 Å². The highest BCUT2D eigenvalue weighted by molar-refractivity contribution is 7.89. The average Bonchev–Trinajstić information content (AvgIpc) is 2.83. The molecule has 8 nitrogen and oxygen atoms in total. The summed E-state index contributed by atoms with van der Waals surface area (Å²) < 4.78 is 32.3. The van der Waals surface area contributed by atoms with Crippen molar-refractivity contribution in [2.24, 2.45) is 0 Å². The second-order valence-corrected chi connectivity index (χ2v) is 11.4. The van der Waals surface area contributed by atoms with Gasteiger partial charge in [-0.2, -0.15) is 4.31 Å². The summed E-state index contributed by atoms with van der Waals surface area (Å²) in [6, 6.07) is 12.9. The Morgan fingerprint density at radius 2 is 1.50 bits per heavy atom. The summed E-state index contributed by atoms with van der Waals surface area (Å²) in [5.74, 6) is 0.0266. The molecule has 184 valence electrons. The van der Waals surface area contributed by atoms with Crippen molar-refractivity contribution in [3.05, 3.63) is 59.7 Å². The van der Waals surface area contributed by atoms with Gasteiger partial charge in [0.05, 0.1) is 12.0 Å². The highest BCUT2D eigenvalue weighted by atomic mass is 32.2. The molecule has 0 aromatic heterocycles. The number of sulfonamides is 1. The van der Waals surface area contributed by atoms with Crippen LogP contribution in [-0.2, 0) is 20.2 Å². The first-order chi connectivity index (χ1) is 15.9. The first-order valence-electron chi connectivity index (χ1n) is 11.3. The van der Waals surface area contributed by atoms with Crippen molar-refractivity contribution in [1.29, 1.82) is 0 Å². The molecular formula is C25H33N3O5S. The van der Waals surface area contributed by atoms with E-state index >= 15 is 0 Å². The number of methoxy groups -OCH3 is 1. The molecule has 1 saturated heterocycles. The van der Waals surface area contributed by atoms with E-state index in [4.69, 9.17) is 4.74 Å². The van der Waals surface area contributed by atoms with Gasteiger partial charge < -0.3 is 15.0 Å². The molecule has 1 heterocycles. The van der Waals surface area contributed by atoms with E-state index in [0.29, 0.717) is 11.3 Å². The topological polar surface area (TPSA) is 96.0 Å². The van der Waals surface area contributed by atoms with E-state index in [1.54, 1.807) is 36.1 Å². The molecule has 9 heteroatoms. The van der Waals surface area contributed by atoms with Crippen molar-refractivity contribution in [2.45, 2.75) is 44.0 Å². The molecule has 0 spiro atoms. The first kappa shape index (κ1) is 25.7. The molecule has 0 radical (unpaired) electrons. The second kappa shape index (κ2) is 10.1. The van der Waals surface area contributed by atoms with Crippen molar-refractivity contribution in [3.63, 3.8) is 0 Å². The third kappa shape index (κ3) is 5.77. The zero-order chi connectivity index (χ0) is 25.1. The first-order valence-corrected chi connectivity index (χ1v) is 12.7. The Bertz CT molecular complexity index is 1110. The predicted octanol–water partition coefficient (Wildman–Crippen LogP) is 2.64. The molecule has 0 saturated carbocycles. The lowest BCUT2D eigenvalue weighted by molar-refractivity contribution is -0.134. The number of nitrogens with one attached hydrogen (secondary N) is 1. The molecular weight excluding hydrogens is 454 g/mol. The summed E-state index contributed by atoms with van der Waals surface area (Å²) in [6.07, 6.45) is 0. The van der Waals surface area contributed by atoms with E-state index in [9.17, 15) is 18.0 Å². The number of ether oxygens (including phenoxy) is 1. The van der Waals surface area contributed by atoms with Gasteiger partial charge in [0.25, 0.3) is 5.91 Å². The third-order valence-electron chi connectivity index (χ3n) is 5.98. The zero-order valence-electron chi connectivity index (χ0n) is 20.4. The number of carbonyl (C=O) groups excluding carboxylic acids is 2. The largest absolute Gasteiger partial charge is 0.497 e. The number of hydrogen-bond donors (Lipinski definition) is 1. The van der Waals surface area contributed by atoms with Gasteiger partial charge in [-0.05, 0) is 54.3 Å². The number of benzene rings is 2. The van der Waals surface area contributed by atoms with Crippen molar-refractivity contribution in [3.8, 4) is 5.75 Å². The summed E-state index contributed by atoms with van der Waals surface area (Å²) in [4.78, 5) is 27.3. The fourth-order valence-electron chi connectivity index (χ4n) is 3.78. The maximum absolute atomic E-state index is 12.9. The number of nitrogens with zero attached hydrogens (tertiary/aromatic N) is 2. The highest BCUT2D eigenvalue weighted by Crippen LogP contribution is 2.23. The SMILES string of the molecule is COc1ccc(S(=O)(=O)N2CCN(C(=O)[C@H](C)NC(=O)c3ccc(C(C)(C)C)cc3)CC2)cc1. The number of amides is 2. The summed E-state index contributed by atoms with van der Waals surface area (Å²) in [7, 11) is -2.14. The van der Waals surface area contributed by atoms with Gasteiger partial charge in [-0.25, -0.2) is 8.42 Å². The van der Waals surface area contributed by atoms with Crippen LogP contribution in [0.2, 0.25) is 0 Å². The monoisotopic (exact) mass is 487 g/mol. The molecule has 1 N–H and O–H groups in total. The lowest BCUT2D eigenvalue weighted by Gasteiger charge is -2.35. The van der Waals surface area contributed by atoms with Gasteiger partial charge in [-0.15, -0.1) is 0 Å². The number of hydrogen-bond acceptors (Lipinski definition) is 5. The highest BCUT2D eigenvalue weighted by Gasteiger charge is 2.32. The van der Waals surface area contributed by atoms with E-state index in [1.165, 1.54) is 23.5 Å². The van der Waals surface area contributed by atoms with E-state index in [1.807, 2.05) is 12.1 Å². The Morgan fingerprint density at radius 1 is 0.941 bits per heavy atom. The maximum Gasteiger partial charge on any atom is 0.251 e. The molecule has 3 rings (SSSR count). The fraction of sp³-hybridized carbons (Fsp3) is 0.440. The van der Waals surface area contributed by atoms with Crippen LogP contribution in [0.4, 0.5) is 0 Å². The summed E-state index contributed by atoms with van der Waals surface area (Å²) in [5.41, 5.74) is 1.60. The van der Waals surface area contributed by atoms with Crippen LogP contribution in [0.1, 0.15) is 43.6 Å². The van der Waals surface area contributed by atoms with Crippen LogP contribution in [0.25, 0.3) is 0 Å². The van der Waals surface area contributed by atoms with Gasteiger partial charge in [0.2, 0.25) is 15.9 Å². The third-order valence-corrected chi connectivity index (χ3v) is 7.89. The van der Waals surface area contributed by atoms with Crippen LogP contribution >= 0.6 is 0 Å². The van der Waals surface area contributed by atoms with Crippen molar-refractivity contribution in [2.75, 3.05) is 33.3 Å². The Hall–Kier alpha value is -2.91. The Kier molecular flexibility index (Phi) is 7.67. The molecule has 2 aromatic rings. The summed E-state index contributed by atoms with van der Waals surface area (Å²) in [5, 5.41) is 2.76.